The lowest BCUT2D eigenvalue weighted by molar-refractivity contribution is 0.555. The number of fused-ring (bicyclic) bond motifs is 1. The number of benzene rings is 4. The molecule has 9 heteroatoms. The molecule has 0 saturated heterocycles. The van der Waals surface area contributed by atoms with E-state index in [9.17, 15) is 5.11 Å². The minimum absolute atomic E-state index is 0. The lowest BCUT2D eigenvalue weighted by Gasteiger charge is -2.12. The average Bonchev–Trinajstić information content (AvgIpc) is 3.01. The number of hydrogen-bond acceptors (Lipinski definition) is 4. The molecule has 2 aromatic heterocycles. The number of aryl methyl sites for hydroxylation is 2. The van der Waals surface area contributed by atoms with Gasteiger partial charge in [-0.1, -0.05) is 30.3 Å². The maximum atomic E-state index is 10.8. The van der Waals surface area contributed by atoms with Gasteiger partial charge in [0, 0.05) is 54.9 Å². The van der Waals surface area contributed by atoms with Crippen LogP contribution in [0.4, 0.5) is 22.7 Å². The smallest absolute Gasteiger partial charge is 0.218 e. The Morgan fingerprint density at radius 1 is 0.705 bits per heavy atom. The summed E-state index contributed by atoms with van der Waals surface area (Å²) in [6.07, 6.45) is 6.00. The third kappa shape index (κ3) is 7.24. The Hall–Kier alpha value is -4.73. The molecule has 0 atom stereocenters. The molecule has 0 aliphatic heterocycles. The minimum atomic E-state index is -0.0725. The molecule has 0 radical (unpaired) electrons. The van der Waals surface area contributed by atoms with Gasteiger partial charge in [-0.15, -0.1) is 34.0 Å². The van der Waals surface area contributed by atoms with Gasteiger partial charge in [0.15, 0.2) is 0 Å². The number of hydrogen-bond donors (Lipinski definition) is 2. The van der Waals surface area contributed by atoms with Crippen molar-refractivity contribution in [2.45, 2.75) is 0 Å². The summed E-state index contributed by atoms with van der Waals surface area (Å²) in [6, 6.07) is 34.8. The summed E-state index contributed by atoms with van der Waals surface area (Å²) in [6.45, 7) is 0. The van der Waals surface area contributed by atoms with Crippen LogP contribution >= 0.6 is 34.0 Å². The van der Waals surface area contributed by atoms with Crippen molar-refractivity contribution in [2.75, 3.05) is 5.73 Å². The normalized spacial score (nSPS) is 11.5. The Morgan fingerprint density at radius 2 is 1.32 bits per heavy atom. The molecular weight excluding hydrogens is 680 g/mol. The Bertz CT molecular complexity index is 2040. The van der Waals surface area contributed by atoms with Crippen LogP contribution in [0.5, 0.6) is 0 Å². The standard InChI is InChI=1S/C35H30N6O.2BrH/c1-40-20-18-30(19-21-40)37-27-13-15-29(16-14-27)39-35(42)25-8-11-28(12-9-25)38-34-31-22-26(36)10-17-33(31)41(2)23-32(34)24-6-4-3-5-7-24;;/h3-23H,36H2,1-2H3,(H,39,42);2*1H. The Morgan fingerprint density at radius 3 is 2.00 bits per heavy atom. The SMILES string of the molecule is Br.Br.Cn1ccc(=Nc2ccc(N=C(O)c3ccc(N=c4c(-c5ccccc5)cn(C)c5ccc(N)cc45)cc3)cc2)cc1. The fraction of sp³-hybridized carbons (Fsp3) is 0.0571. The Kier molecular flexibility index (Phi) is 10.4. The van der Waals surface area contributed by atoms with Gasteiger partial charge in [-0.25, -0.2) is 15.0 Å². The Labute approximate surface area is 276 Å². The van der Waals surface area contributed by atoms with E-state index < -0.39 is 0 Å². The molecule has 0 aliphatic rings. The molecule has 6 rings (SSSR count). The largest absolute Gasteiger partial charge is 0.493 e. The second-order valence-corrected chi connectivity index (χ2v) is 10.1. The van der Waals surface area contributed by atoms with Gasteiger partial charge < -0.3 is 20.0 Å². The number of aliphatic hydroxyl groups excluding tert-OH is 1. The van der Waals surface area contributed by atoms with Crippen LogP contribution in [0.3, 0.4) is 0 Å². The number of halogens is 2. The van der Waals surface area contributed by atoms with Crippen molar-refractivity contribution in [2.24, 2.45) is 29.1 Å². The van der Waals surface area contributed by atoms with Gasteiger partial charge in [0.25, 0.3) is 0 Å². The second kappa shape index (κ2) is 14.2. The first-order chi connectivity index (χ1) is 20.4. The van der Waals surface area contributed by atoms with E-state index in [4.69, 9.17) is 10.7 Å². The molecule has 0 saturated carbocycles. The summed E-state index contributed by atoms with van der Waals surface area (Å²) in [5.74, 6) is -0.0725. The highest BCUT2D eigenvalue weighted by Gasteiger charge is 2.09. The topological polar surface area (TPSA) is 93.2 Å². The molecular formula is C35H32Br2N6O. The predicted octanol–water partition coefficient (Wildman–Crippen LogP) is 8.02. The van der Waals surface area contributed by atoms with Crippen LogP contribution in [0.1, 0.15) is 5.56 Å². The van der Waals surface area contributed by atoms with E-state index in [0.29, 0.717) is 16.9 Å². The zero-order valence-corrected chi connectivity index (χ0v) is 27.6. The summed E-state index contributed by atoms with van der Waals surface area (Å²) >= 11 is 0. The first-order valence-electron chi connectivity index (χ1n) is 13.6. The summed E-state index contributed by atoms with van der Waals surface area (Å²) in [4.78, 5) is 14.1. The van der Waals surface area contributed by atoms with Crippen LogP contribution in [-0.2, 0) is 14.1 Å². The zero-order valence-electron chi connectivity index (χ0n) is 24.2. The molecule has 222 valence electrons. The second-order valence-electron chi connectivity index (χ2n) is 10.1. The maximum absolute atomic E-state index is 10.8. The Balaban J connectivity index is 0.00000221. The molecule has 6 aromatic rings. The lowest BCUT2D eigenvalue weighted by atomic mass is 10.0. The van der Waals surface area contributed by atoms with Crippen molar-refractivity contribution in [1.29, 1.82) is 0 Å². The number of aliphatic hydroxyl groups is 1. The fourth-order valence-electron chi connectivity index (χ4n) is 4.79. The molecule has 0 unspecified atom stereocenters. The number of nitrogens with two attached hydrogens (primary N) is 1. The van der Waals surface area contributed by atoms with Crippen molar-refractivity contribution >= 4 is 73.5 Å². The highest BCUT2D eigenvalue weighted by Crippen LogP contribution is 2.24. The maximum Gasteiger partial charge on any atom is 0.218 e. The number of aliphatic imine (C=N–C) groups is 1. The van der Waals surface area contributed by atoms with E-state index in [2.05, 4.69) is 32.9 Å². The van der Waals surface area contributed by atoms with Crippen LogP contribution < -0.4 is 16.4 Å². The number of pyridine rings is 2. The van der Waals surface area contributed by atoms with Gasteiger partial charge in [-0.3, -0.25) is 0 Å². The molecule has 3 N–H and O–H groups in total. The van der Waals surface area contributed by atoms with E-state index in [1.54, 1.807) is 0 Å². The van der Waals surface area contributed by atoms with E-state index in [-0.39, 0.29) is 39.9 Å². The molecule has 0 bridgehead atoms. The quantitative estimate of drug-likeness (QED) is 0.108. The van der Waals surface area contributed by atoms with Crippen LogP contribution in [0.2, 0.25) is 0 Å². The van der Waals surface area contributed by atoms with E-state index in [1.807, 2.05) is 128 Å². The molecule has 44 heavy (non-hydrogen) atoms. The van der Waals surface area contributed by atoms with E-state index in [0.717, 1.165) is 44.1 Å². The summed E-state index contributed by atoms with van der Waals surface area (Å²) in [5.41, 5.74) is 12.8. The van der Waals surface area contributed by atoms with Gasteiger partial charge in [0.05, 0.1) is 33.3 Å². The zero-order chi connectivity index (χ0) is 29.1. The van der Waals surface area contributed by atoms with Gasteiger partial charge in [0.1, 0.15) is 0 Å². The van der Waals surface area contributed by atoms with Crippen LogP contribution in [0.25, 0.3) is 22.0 Å². The van der Waals surface area contributed by atoms with Crippen LogP contribution in [0.15, 0.2) is 143 Å². The molecule has 0 fully saturated rings. The summed E-state index contributed by atoms with van der Waals surface area (Å²) < 4.78 is 4.05. The molecule has 0 aliphatic carbocycles. The van der Waals surface area contributed by atoms with E-state index >= 15 is 0 Å². The average molecular weight is 712 g/mol. The molecule has 4 aromatic carbocycles. The molecule has 0 amide bonds. The monoisotopic (exact) mass is 710 g/mol. The van der Waals surface area contributed by atoms with Crippen molar-refractivity contribution in [3.8, 4) is 11.1 Å². The van der Waals surface area contributed by atoms with Crippen molar-refractivity contribution in [3.63, 3.8) is 0 Å². The van der Waals surface area contributed by atoms with Crippen LogP contribution in [0, 0.1) is 0 Å². The summed E-state index contributed by atoms with van der Waals surface area (Å²) in [5, 5.41) is 13.4. The predicted molar refractivity (Wildman–Crippen MR) is 191 cm³/mol. The third-order valence-corrected chi connectivity index (χ3v) is 6.99. The van der Waals surface area contributed by atoms with E-state index in [1.165, 1.54) is 0 Å². The molecule has 0 spiro atoms. The van der Waals surface area contributed by atoms with Crippen molar-refractivity contribution in [3.05, 3.63) is 144 Å². The molecule has 7 nitrogen and oxygen atoms in total. The van der Waals surface area contributed by atoms with Gasteiger partial charge >= 0.3 is 0 Å². The number of aromatic nitrogens is 2. The molecule has 2 heterocycles. The first kappa shape index (κ1) is 32.2. The highest BCUT2D eigenvalue weighted by molar-refractivity contribution is 8.93. The van der Waals surface area contributed by atoms with Crippen LogP contribution in [-0.4, -0.2) is 20.1 Å². The number of nitrogens with zero attached hydrogens (tertiary/aromatic N) is 5. The van der Waals surface area contributed by atoms with Gasteiger partial charge in [-0.2, -0.15) is 0 Å². The minimum Gasteiger partial charge on any atom is -0.493 e. The fourth-order valence-corrected chi connectivity index (χ4v) is 4.79. The number of rotatable bonds is 5. The summed E-state index contributed by atoms with van der Waals surface area (Å²) in [7, 11) is 3.99. The van der Waals surface area contributed by atoms with Crippen molar-refractivity contribution in [1.82, 2.24) is 9.13 Å². The van der Waals surface area contributed by atoms with Gasteiger partial charge in [-0.05, 0) is 84.4 Å². The highest BCUT2D eigenvalue weighted by atomic mass is 79.9. The number of nitrogen functional groups attached to an aromatic ring is 1. The first-order valence-corrected chi connectivity index (χ1v) is 13.6. The number of anilines is 1. The van der Waals surface area contributed by atoms with Gasteiger partial charge in [0.2, 0.25) is 5.90 Å². The lowest BCUT2D eigenvalue weighted by Crippen LogP contribution is -2.12. The third-order valence-electron chi connectivity index (χ3n) is 6.99. The van der Waals surface area contributed by atoms with Crippen molar-refractivity contribution < 1.29 is 5.11 Å².